The molecule has 0 bridgehead atoms. The van der Waals surface area contributed by atoms with Crippen molar-refractivity contribution in [2.24, 2.45) is 0 Å². The van der Waals surface area contributed by atoms with Gasteiger partial charge in [-0.05, 0) is 44.0 Å². The first-order valence-corrected chi connectivity index (χ1v) is 7.50. The van der Waals surface area contributed by atoms with Crippen molar-refractivity contribution in [2.75, 3.05) is 0 Å². The summed E-state index contributed by atoms with van der Waals surface area (Å²) in [6, 6.07) is 2.16. The summed E-state index contributed by atoms with van der Waals surface area (Å²) < 4.78 is 51.1. The molecule has 1 aromatic rings. The fourth-order valence-electron chi connectivity index (χ4n) is 0.889. The lowest BCUT2D eigenvalue weighted by Gasteiger charge is -2.09. The second-order valence-electron chi connectivity index (χ2n) is 2.53. The van der Waals surface area contributed by atoms with Gasteiger partial charge in [-0.2, -0.15) is 8.78 Å². The molecular formula is C7H3Br2ClF2O3S. The van der Waals surface area contributed by atoms with Crippen LogP contribution in [-0.4, -0.2) is 15.0 Å². The van der Waals surface area contributed by atoms with Crippen molar-refractivity contribution in [1.29, 1.82) is 0 Å². The Bertz CT molecular complexity index is 507. The molecule has 0 amide bonds. The van der Waals surface area contributed by atoms with E-state index >= 15 is 0 Å². The maximum absolute atomic E-state index is 12.0. The summed E-state index contributed by atoms with van der Waals surface area (Å²) in [6.45, 7) is -3.13. The van der Waals surface area contributed by atoms with Gasteiger partial charge in [0.15, 0.2) is 0 Å². The average molecular weight is 400 g/mol. The smallest absolute Gasteiger partial charge is 0.387 e. The van der Waals surface area contributed by atoms with Crippen LogP contribution in [0.25, 0.3) is 0 Å². The molecule has 0 heterocycles. The molecule has 3 nitrogen and oxygen atoms in total. The Labute approximate surface area is 111 Å². The Morgan fingerprint density at radius 2 is 1.75 bits per heavy atom. The van der Waals surface area contributed by atoms with E-state index in [1.54, 1.807) is 0 Å². The zero-order valence-corrected chi connectivity index (χ0v) is 12.0. The summed E-state index contributed by atoms with van der Waals surface area (Å²) in [5.41, 5.74) is 0. The fourth-order valence-corrected chi connectivity index (χ4v) is 2.67. The quantitative estimate of drug-likeness (QED) is 0.726. The molecule has 9 heteroatoms. The minimum atomic E-state index is -4.16. The zero-order chi connectivity index (χ0) is 12.5. The van der Waals surface area contributed by atoms with E-state index in [0.717, 1.165) is 12.1 Å². The number of benzene rings is 1. The molecule has 90 valence electrons. The predicted octanol–water partition coefficient (Wildman–Crippen LogP) is 3.74. The molecule has 0 unspecified atom stereocenters. The van der Waals surface area contributed by atoms with Crippen LogP contribution in [0.4, 0.5) is 8.78 Å². The maximum Gasteiger partial charge on any atom is 0.387 e. The number of hydrogen-bond donors (Lipinski definition) is 0. The predicted molar refractivity (Wildman–Crippen MR) is 61.5 cm³/mol. The van der Waals surface area contributed by atoms with Crippen LogP contribution < -0.4 is 4.74 Å². The summed E-state index contributed by atoms with van der Waals surface area (Å²) in [7, 11) is 0.927. The topological polar surface area (TPSA) is 43.4 Å². The van der Waals surface area contributed by atoms with E-state index in [1.807, 2.05) is 0 Å². The first-order chi connectivity index (χ1) is 7.21. The molecule has 1 rings (SSSR count). The minimum Gasteiger partial charge on any atom is -0.433 e. The van der Waals surface area contributed by atoms with E-state index in [-0.39, 0.29) is 0 Å². The number of rotatable bonds is 3. The summed E-state index contributed by atoms with van der Waals surface area (Å²) in [5.74, 6) is -0.514. The van der Waals surface area contributed by atoms with Gasteiger partial charge in [0.05, 0.1) is 0 Å². The van der Waals surface area contributed by atoms with Crippen LogP contribution in [0, 0.1) is 0 Å². The first-order valence-electron chi connectivity index (χ1n) is 3.60. The summed E-state index contributed by atoms with van der Waals surface area (Å²) in [4.78, 5) is -0.524. The number of alkyl halides is 2. The highest BCUT2D eigenvalue weighted by molar-refractivity contribution is 9.13. The highest BCUT2D eigenvalue weighted by Crippen LogP contribution is 2.36. The van der Waals surface area contributed by atoms with Gasteiger partial charge < -0.3 is 4.74 Å². The minimum absolute atomic E-state index is 0.355. The van der Waals surface area contributed by atoms with E-state index in [9.17, 15) is 17.2 Å². The molecule has 0 aliphatic carbocycles. The fraction of sp³-hybridized carbons (Fsp3) is 0.143. The van der Waals surface area contributed by atoms with Crippen molar-refractivity contribution < 1.29 is 21.9 Å². The Balaban J connectivity index is 3.40. The standard InChI is InChI=1S/C7H3Br2ClF2O3S/c8-3-1-5(15-7(11)12)6(2-4(3)9)16(10,13)14/h1-2,7H. The molecule has 0 fully saturated rings. The lowest BCUT2D eigenvalue weighted by molar-refractivity contribution is -0.0517. The third kappa shape index (κ3) is 3.54. The van der Waals surface area contributed by atoms with Crippen molar-refractivity contribution in [3.63, 3.8) is 0 Å². The lowest BCUT2D eigenvalue weighted by atomic mass is 10.3. The molecule has 0 atom stereocenters. The lowest BCUT2D eigenvalue weighted by Crippen LogP contribution is -2.06. The molecule has 0 aliphatic heterocycles. The zero-order valence-electron chi connectivity index (χ0n) is 7.25. The van der Waals surface area contributed by atoms with Crippen molar-refractivity contribution in [2.45, 2.75) is 11.5 Å². The van der Waals surface area contributed by atoms with Crippen LogP contribution in [-0.2, 0) is 9.05 Å². The number of hydrogen-bond acceptors (Lipinski definition) is 3. The largest absolute Gasteiger partial charge is 0.433 e. The summed E-state index contributed by atoms with van der Waals surface area (Å²) in [6.07, 6.45) is 0. The van der Waals surface area contributed by atoms with Gasteiger partial charge in [-0.15, -0.1) is 0 Å². The molecule has 0 saturated heterocycles. The van der Waals surface area contributed by atoms with Crippen LogP contribution in [0.5, 0.6) is 5.75 Å². The molecular weight excluding hydrogens is 397 g/mol. The molecule has 0 N–H and O–H groups in total. The Hall–Kier alpha value is 0.0800. The van der Waals surface area contributed by atoms with Gasteiger partial charge >= 0.3 is 6.61 Å². The highest BCUT2D eigenvalue weighted by atomic mass is 79.9. The van der Waals surface area contributed by atoms with Gasteiger partial charge in [0.1, 0.15) is 10.6 Å². The summed E-state index contributed by atoms with van der Waals surface area (Å²) in [5, 5.41) is 0. The number of ether oxygens (including phenoxy) is 1. The second-order valence-corrected chi connectivity index (χ2v) is 6.77. The van der Waals surface area contributed by atoms with Crippen LogP contribution in [0.2, 0.25) is 0 Å². The van der Waals surface area contributed by atoms with Gasteiger partial charge in [0.2, 0.25) is 0 Å². The van der Waals surface area contributed by atoms with Gasteiger partial charge in [-0.25, -0.2) is 8.42 Å². The molecule has 1 aromatic carbocycles. The molecule has 0 aromatic heterocycles. The van der Waals surface area contributed by atoms with Crippen LogP contribution in [0.15, 0.2) is 26.0 Å². The van der Waals surface area contributed by atoms with Crippen molar-refractivity contribution in [3.8, 4) is 5.75 Å². The Morgan fingerprint density at radius 3 is 2.19 bits per heavy atom. The third-order valence-electron chi connectivity index (χ3n) is 1.47. The Kier molecular flexibility index (Phi) is 4.56. The summed E-state index contributed by atoms with van der Waals surface area (Å²) >= 11 is 6.05. The highest BCUT2D eigenvalue weighted by Gasteiger charge is 2.21. The van der Waals surface area contributed by atoms with Crippen molar-refractivity contribution >= 4 is 51.6 Å². The first kappa shape index (κ1) is 14.1. The van der Waals surface area contributed by atoms with Crippen LogP contribution in [0.3, 0.4) is 0 Å². The van der Waals surface area contributed by atoms with Crippen LogP contribution >= 0.6 is 42.5 Å². The normalized spacial score (nSPS) is 11.9. The molecule has 0 spiro atoms. The van der Waals surface area contributed by atoms with Crippen molar-refractivity contribution in [1.82, 2.24) is 0 Å². The monoisotopic (exact) mass is 398 g/mol. The van der Waals surface area contributed by atoms with Crippen molar-refractivity contribution in [3.05, 3.63) is 21.1 Å². The number of halogens is 5. The van der Waals surface area contributed by atoms with E-state index < -0.39 is 26.3 Å². The molecule has 0 aliphatic rings. The second kappa shape index (κ2) is 5.16. The van der Waals surface area contributed by atoms with Crippen LogP contribution in [0.1, 0.15) is 0 Å². The third-order valence-corrected chi connectivity index (χ3v) is 4.65. The van der Waals surface area contributed by atoms with E-state index in [1.165, 1.54) is 0 Å². The van der Waals surface area contributed by atoms with Gasteiger partial charge in [-0.1, -0.05) is 0 Å². The maximum atomic E-state index is 12.0. The average Bonchev–Trinajstić information content (AvgIpc) is 2.08. The van der Waals surface area contributed by atoms with Gasteiger partial charge in [-0.3, -0.25) is 0 Å². The molecule has 16 heavy (non-hydrogen) atoms. The SMILES string of the molecule is O=S(=O)(Cl)c1cc(Br)c(Br)cc1OC(F)F. The Morgan fingerprint density at radius 1 is 1.25 bits per heavy atom. The van der Waals surface area contributed by atoms with E-state index in [4.69, 9.17) is 10.7 Å². The van der Waals surface area contributed by atoms with E-state index in [0.29, 0.717) is 8.95 Å². The van der Waals surface area contributed by atoms with Gasteiger partial charge in [0, 0.05) is 19.6 Å². The molecule has 0 radical (unpaired) electrons. The van der Waals surface area contributed by atoms with Gasteiger partial charge in [0.25, 0.3) is 9.05 Å². The molecule has 0 saturated carbocycles. The van der Waals surface area contributed by atoms with E-state index in [2.05, 4.69) is 36.6 Å².